The monoisotopic (exact) mass is 244 g/mol. The normalized spacial score (nSPS) is 10.4. The van der Waals surface area contributed by atoms with Crippen LogP contribution in [0.1, 0.15) is 22.5 Å². The minimum atomic E-state index is -0.111. The predicted octanol–water partition coefficient (Wildman–Crippen LogP) is 3.11. The molecule has 2 rings (SSSR count). The number of hydrogen-bond donors (Lipinski definition) is 0. The van der Waals surface area contributed by atoms with Crippen LogP contribution in [0.2, 0.25) is 0 Å². The van der Waals surface area contributed by atoms with Gasteiger partial charge in [0.1, 0.15) is 6.61 Å². The van der Waals surface area contributed by atoms with Crippen LogP contribution in [-0.4, -0.2) is 19.0 Å². The van der Waals surface area contributed by atoms with Crippen molar-refractivity contribution in [3.63, 3.8) is 0 Å². The maximum atomic E-state index is 11.5. The summed E-state index contributed by atoms with van der Waals surface area (Å²) in [6, 6.07) is 13.6. The Bertz CT molecular complexity index is 460. The third-order valence-electron chi connectivity index (χ3n) is 2.63. The Balaban J connectivity index is 1.61. The van der Waals surface area contributed by atoms with E-state index in [0.717, 1.165) is 12.8 Å². The Morgan fingerprint density at radius 1 is 1.11 bits per heavy atom. The molecule has 3 nitrogen and oxygen atoms in total. The molecule has 0 saturated carbocycles. The van der Waals surface area contributed by atoms with Crippen molar-refractivity contribution < 1.29 is 13.9 Å². The second-order valence-corrected chi connectivity index (χ2v) is 4.04. The molecule has 1 aromatic heterocycles. The number of ketones is 1. The van der Waals surface area contributed by atoms with Crippen LogP contribution in [0.3, 0.4) is 0 Å². The summed E-state index contributed by atoms with van der Waals surface area (Å²) in [4.78, 5) is 11.5. The Morgan fingerprint density at radius 3 is 2.67 bits per heavy atom. The second kappa shape index (κ2) is 6.77. The van der Waals surface area contributed by atoms with Crippen LogP contribution in [0.15, 0.2) is 53.1 Å². The zero-order valence-electron chi connectivity index (χ0n) is 10.2. The molecule has 0 amide bonds. The SMILES string of the molecule is O=C(COCCCc1ccccc1)c1ccco1. The minimum absolute atomic E-state index is 0.0856. The smallest absolute Gasteiger partial charge is 0.223 e. The average Bonchev–Trinajstić information content (AvgIpc) is 2.93. The van der Waals surface area contributed by atoms with Crippen molar-refractivity contribution in [1.29, 1.82) is 0 Å². The molecule has 0 unspecified atom stereocenters. The molecule has 0 fully saturated rings. The fourth-order valence-electron chi connectivity index (χ4n) is 1.70. The maximum Gasteiger partial charge on any atom is 0.223 e. The molecule has 0 spiro atoms. The van der Waals surface area contributed by atoms with Gasteiger partial charge in [-0.15, -0.1) is 0 Å². The van der Waals surface area contributed by atoms with E-state index in [-0.39, 0.29) is 12.4 Å². The van der Waals surface area contributed by atoms with E-state index < -0.39 is 0 Å². The molecule has 0 radical (unpaired) electrons. The van der Waals surface area contributed by atoms with Gasteiger partial charge in [-0.2, -0.15) is 0 Å². The van der Waals surface area contributed by atoms with Crippen molar-refractivity contribution in [1.82, 2.24) is 0 Å². The molecule has 0 N–H and O–H groups in total. The van der Waals surface area contributed by atoms with Crippen molar-refractivity contribution in [2.24, 2.45) is 0 Å². The van der Waals surface area contributed by atoms with E-state index in [2.05, 4.69) is 12.1 Å². The first kappa shape index (κ1) is 12.6. The highest BCUT2D eigenvalue weighted by Crippen LogP contribution is 2.04. The number of carbonyl (C=O) groups is 1. The maximum absolute atomic E-state index is 11.5. The molecule has 0 saturated heterocycles. The summed E-state index contributed by atoms with van der Waals surface area (Å²) in [5.41, 5.74) is 1.29. The number of rotatable bonds is 7. The Kier molecular flexibility index (Phi) is 4.73. The van der Waals surface area contributed by atoms with Gasteiger partial charge >= 0.3 is 0 Å². The lowest BCUT2D eigenvalue weighted by Gasteiger charge is -2.03. The van der Waals surface area contributed by atoms with Gasteiger partial charge in [0.05, 0.1) is 6.26 Å². The van der Waals surface area contributed by atoms with Crippen LogP contribution >= 0.6 is 0 Å². The van der Waals surface area contributed by atoms with Crippen LogP contribution in [0.25, 0.3) is 0 Å². The molecular formula is C15H16O3. The zero-order valence-corrected chi connectivity index (χ0v) is 10.2. The van der Waals surface area contributed by atoms with Crippen LogP contribution in [0, 0.1) is 0 Å². The zero-order chi connectivity index (χ0) is 12.6. The third-order valence-corrected chi connectivity index (χ3v) is 2.63. The standard InChI is InChI=1S/C15H16O3/c16-14(15-9-5-11-18-15)12-17-10-4-8-13-6-2-1-3-7-13/h1-3,5-7,9,11H,4,8,10,12H2. The number of furan rings is 1. The van der Waals surface area contributed by atoms with Gasteiger partial charge in [-0.1, -0.05) is 30.3 Å². The van der Waals surface area contributed by atoms with Gasteiger partial charge in [0, 0.05) is 6.61 Å². The van der Waals surface area contributed by atoms with Crippen molar-refractivity contribution in [3.05, 3.63) is 60.1 Å². The van der Waals surface area contributed by atoms with Crippen LogP contribution in [0.4, 0.5) is 0 Å². The van der Waals surface area contributed by atoms with Crippen LogP contribution < -0.4 is 0 Å². The first-order chi connectivity index (χ1) is 8.86. The third kappa shape index (κ3) is 3.86. The Labute approximate surface area is 106 Å². The number of hydrogen-bond acceptors (Lipinski definition) is 3. The first-order valence-electron chi connectivity index (χ1n) is 6.04. The quantitative estimate of drug-likeness (QED) is 0.555. The van der Waals surface area contributed by atoms with Gasteiger partial charge in [0.15, 0.2) is 5.76 Å². The van der Waals surface area contributed by atoms with E-state index in [9.17, 15) is 4.79 Å². The highest BCUT2D eigenvalue weighted by molar-refractivity contribution is 5.94. The summed E-state index contributed by atoms with van der Waals surface area (Å²) in [6.45, 7) is 0.670. The molecule has 0 atom stereocenters. The van der Waals surface area contributed by atoms with E-state index in [0.29, 0.717) is 12.4 Å². The van der Waals surface area contributed by atoms with Crippen molar-refractivity contribution >= 4 is 5.78 Å². The molecule has 1 aromatic carbocycles. The molecular weight excluding hydrogens is 228 g/mol. The minimum Gasteiger partial charge on any atom is -0.461 e. The Hall–Kier alpha value is -1.87. The molecule has 1 heterocycles. The van der Waals surface area contributed by atoms with Gasteiger partial charge in [0.25, 0.3) is 0 Å². The highest BCUT2D eigenvalue weighted by Gasteiger charge is 2.07. The lowest BCUT2D eigenvalue weighted by molar-refractivity contribution is 0.0729. The van der Waals surface area contributed by atoms with E-state index in [1.165, 1.54) is 11.8 Å². The van der Waals surface area contributed by atoms with Crippen LogP contribution in [-0.2, 0) is 11.2 Å². The van der Waals surface area contributed by atoms with Gasteiger partial charge in [-0.3, -0.25) is 4.79 Å². The predicted molar refractivity (Wildman–Crippen MR) is 68.6 cm³/mol. The van der Waals surface area contributed by atoms with Crippen molar-refractivity contribution in [2.45, 2.75) is 12.8 Å². The van der Waals surface area contributed by atoms with E-state index >= 15 is 0 Å². The van der Waals surface area contributed by atoms with Crippen molar-refractivity contribution in [2.75, 3.05) is 13.2 Å². The van der Waals surface area contributed by atoms with Gasteiger partial charge in [-0.25, -0.2) is 0 Å². The molecule has 18 heavy (non-hydrogen) atoms. The fourth-order valence-corrected chi connectivity index (χ4v) is 1.70. The summed E-state index contributed by atoms with van der Waals surface area (Å²) in [5.74, 6) is 0.248. The van der Waals surface area contributed by atoms with E-state index in [1.807, 2.05) is 18.2 Å². The van der Waals surface area contributed by atoms with E-state index in [1.54, 1.807) is 12.1 Å². The summed E-state index contributed by atoms with van der Waals surface area (Å²) >= 11 is 0. The first-order valence-corrected chi connectivity index (χ1v) is 6.04. The summed E-state index contributed by atoms with van der Waals surface area (Å²) in [7, 11) is 0. The number of Topliss-reactive ketones (excluding diaryl/α,β-unsaturated/α-hetero) is 1. The van der Waals surface area contributed by atoms with Gasteiger partial charge < -0.3 is 9.15 Å². The topological polar surface area (TPSA) is 39.4 Å². The van der Waals surface area contributed by atoms with Gasteiger partial charge in [-0.05, 0) is 30.5 Å². The second-order valence-electron chi connectivity index (χ2n) is 4.04. The summed E-state index contributed by atoms with van der Waals surface area (Å²) in [6.07, 6.45) is 3.37. The number of ether oxygens (including phenoxy) is 1. The molecule has 3 heteroatoms. The molecule has 0 aliphatic heterocycles. The molecule has 0 aliphatic carbocycles. The number of carbonyl (C=O) groups excluding carboxylic acids is 1. The molecule has 94 valence electrons. The molecule has 2 aromatic rings. The summed E-state index contributed by atoms with van der Waals surface area (Å²) in [5, 5.41) is 0. The lowest BCUT2D eigenvalue weighted by Crippen LogP contribution is -2.09. The number of benzene rings is 1. The average molecular weight is 244 g/mol. The van der Waals surface area contributed by atoms with E-state index in [4.69, 9.17) is 9.15 Å². The van der Waals surface area contributed by atoms with Crippen molar-refractivity contribution in [3.8, 4) is 0 Å². The lowest BCUT2D eigenvalue weighted by atomic mass is 10.1. The molecule has 0 bridgehead atoms. The van der Waals surface area contributed by atoms with Crippen LogP contribution in [0.5, 0.6) is 0 Å². The highest BCUT2D eigenvalue weighted by atomic mass is 16.5. The largest absolute Gasteiger partial charge is 0.461 e. The Morgan fingerprint density at radius 2 is 1.94 bits per heavy atom. The number of aryl methyl sites for hydroxylation is 1. The fraction of sp³-hybridized carbons (Fsp3) is 0.267. The van der Waals surface area contributed by atoms with Gasteiger partial charge in [0.2, 0.25) is 5.78 Å². The molecule has 0 aliphatic rings. The summed E-state index contributed by atoms with van der Waals surface area (Å²) < 4.78 is 10.3.